The quantitative estimate of drug-likeness (QED) is 0.861. The van der Waals surface area contributed by atoms with E-state index in [0.29, 0.717) is 6.04 Å². The molecule has 1 nitrogen and oxygen atoms in total. The Morgan fingerprint density at radius 1 is 1.47 bits per heavy atom. The number of halogens is 1. The fraction of sp³-hybridized carbons (Fsp3) is 0.333. The highest BCUT2D eigenvalue weighted by molar-refractivity contribution is 7.17. The van der Waals surface area contributed by atoms with Gasteiger partial charge in [0.2, 0.25) is 0 Å². The predicted molar refractivity (Wildman–Crippen MR) is 69.1 cm³/mol. The lowest BCUT2D eigenvalue weighted by Gasteiger charge is -2.08. The number of fused-ring (bicyclic) bond motifs is 1. The van der Waals surface area contributed by atoms with Crippen LogP contribution in [0.4, 0.5) is 0 Å². The second-order valence-corrected chi connectivity index (χ2v) is 5.14. The molecule has 0 radical (unpaired) electrons. The van der Waals surface area contributed by atoms with Crippen LogP contribution in [0, 0.1) is 0 Å². The zero-order chi connectivity index (χ0) is 10.8. The SMILES string of the molecule is CNC(C)Cc1csc2ccc(Cl)cc12. The number of rotatable bonds is 3. The highest BCUT2D eigenvalue weighted by Gasteiger charge is 2.07. The van der Waals surface area contributed by atoms with Crippen molar-refractivity contribution in [2.45, 2.75) is 19.4 Å². The summed E-state index contributed by atoms with van der Waals surface area (Å²) in [7, 11) is 1.99. The van der Waals surface area contributed by atoms with Crippen molar-refractivity contribution in [2.75, 3.05) is 7.05 Å². The van der Waals surface area contributed by atoms with Crippen molar-refractivity contribution < 1.29 is 0 Å². The average Bonchev–Trinajstić information content (AvgIpc) is 2.61. The van der Waals surface area contributed by atoms with E-state index in [0.717, 1.165) is 11.4 Å². The fourth-order valence-electron chi connectivity index (χ4n) is 1.64. The van der Waals surface area contributed by atoms with Crippen molar-refractivity contribution in [2.24, 2.45) is 0 Å². The molecule has 0 saturated heterocycles. The summed E-state index contributed by atoms with van der Waals surface area (Å²) in [6, 6.07) is 6.61. The molecule has 1 N–H and O–H groups in total. The van der Waals surface area contributed by atoms with Gasteiger partial charge in [-0.25, -0.2) is 0 Å². The van der Waals surface area contributed by atoms with Gasteiger partial charge in [-0.1, -0.05) is 11.6 Å². The van der Waals surface area contributed by atoms with Crippen molar-refractivity contribution in [3.8, 4) is 0 Å². The van der Waals surface area contributed by atoms with E-state index in [1.54, 1.807) is 11.3 Å². The molecule has 1 aromatic heterocycles. The van der Waals surface area contributed by atoms with Gasteiger partial charge >= 0.3 is 0 Å². The van der Waals surface area contributed by atoms with E-state index >= 15 is 0 Å². The first-order valence-electron chi connectivity index (χ1n) is 5.03. The Balaban J connectivity index is 2.39. The van der Waals surface area contributed by atoms with Gasteiger partial charge in [-0.15, -0.1) is 11.3 Å². The van der Waals surface area contributed by atoms with Crippen LogP contribution in [-0.2, 0) is 6.42 Å². The smallest absolute Gasteiger partial charge is 0.0413 e. The van der Waals surface area contributed by atoms with Crippen LogP contribution in [0.1, 0.15) is 12.5 Å². The molecule has 3 heteroatoms. The molecule has 0 aliphatic rings. The molecule has 0 fully saturated rings. The minimum absolute atomic E-state index is 0.502. The molecule has 1 atom stereocenters. The van der Waals surface area contributed by atoms with Crippen LogP contribution in [0.5, 0.6) is 0 Å². The van der Waals surface area contributed by atoms with Crippen LogP contribution < -0.4 is 5.32 Å². The van der Waals surface area contributed by atoms with Crippen LogP contribution in [-0.4, -0.2) is 13.1 Å². The molecule has 0 saturated carbocycles. The summed E-state index contributed by atoms with van der Waals surface area (Å²) in [5, 5.41) is 7.60. The lowest BCUT2D eigenvalue weighted by molar-refractivity contribution is 0.611. The lowest BCUT2D eigenvalue weighted by Crippen LogP contribution is -2.23. The van der Waals surface area contributed by atoms with Crippen molar-refractivity contribution in [3.05, 3.63) is 34.2 Å². The van der Waals surface area contributed by atoms with E-state index in [9.17, 15) is 0 Å². The Morgan fingerprint density at radius 3 is 3.00 bits per heavy atom. The molecule has 15 heavy (non-hydrogen) atoms. The number of likely N-dealkylation sites (N-methyl/N-ethyl adjacent to an activating group) is 1. The molecular formula is C12H14ClNS. The highest BCUT2D eigenvalue weighted by Crippen LogP contribution is 2.29. The predicted octanol–water partition coefficient (Wildman–Crippen LogP) is 3.71. The van der Waals surface area contributed by atoms with Gasteiger partial charge in [-0.05, 0) is 54.9 Å². The Bertz CT molecular complexity index is 464. The van der Waals surface area contributed by atoms with Gasteiger partial charge in [0.25, 0.3) is 0 Å². The number of hydrogen-bond donors (Lipinski definition) is 1. The summed E-state index contributed by atoms with van der Waals surface area (Å²) < 4.78 is 1.32. The number of hydrogen-bond acceptors (Lipinski definition) is 2. The van der Waals surface area contributed by atoms with E-state index < -0.39 is 0 Å². The van der Waals surface area contributed by atoms with Gasteiger partial charge in [-0.3, -0.25) is 0 Å². The van der Waals surface area contributed by atoms with Crippen molar-refractivity contribution in [1.82, 2.24) is 5.32 Å². The third-order valence-electron chi connectivity index (χ3n) is 2.63. The van der Waals surface area contributed by atoms with Gasteiger partial charge in [0.05, 0.1) is 0 Å². The van der Waals surface area contributed by atoms with E-state index in [-0.39, 0.29) is 0 Å². The summed E-state index contributed by atoms with van der Waals surface area (Å²) in [6.07, 6.45) is 1.05. The maximum Gasteiger partial charge on any atom is 0.0413 e. The van der Waals surface area contributed by atoms with E-state index in [1.807, 2.05) is 13.1 Å². The van der Waals surface area contributed by atoms with Crippen LogP contribution in [0.3, 0.4) is 0 Å². The monoisotopic (exact) mass is 239 g/mol. The van der Waals surface area contributed by atoms with Crippen molar-refractivity contribution in [3.63, 3.8) is 0 Å². The topological polar surface area (TPSA) is 12.0 Å². The van der Waals surface area contributed by atoms with Crippen molar-refractivity contribution in [1.29, 1.82) is 0 Å². The molecule has 0 spiro atoms. The lowest BCUT2D eigenvalue weighted by atomic mass is 10.1. The molecular weight excluding hydrogens is 226 g/mol. The third-order valence-corrected chi connectivity index (χ3v) is 3.88. The summed E-state index contributed by atoms with van der Waals surface area (Å²) in [5.74, 6) is 0. The van der Waals surface area contributed by atoms with Gasteiger partial charge < -0.3 is 5.32 Å². The van der Waals surface area contributed by atoms with E-state index in [2.05, 4.69) is 29.8 Å². The molecule has 0 bridgehead atoms. The van der Waals surface area contributed by atoms with E-state index in [4.69, 9.17) is 11.6 Å². The minimum atomic E-state index is 0.502. The first kappa shape index (κ1) is 10.9. The number of thiophene rings is 1. The average molecular weight is 240 g/mol. The molecule has 0 aliphatic carbocycles. The van der Waals surface area contributed by atoms with Crippen molar-refractivity contribution >= 4 is 33.0 Å². The Kier molecular flexibility index (Phi) is 3.29. The Morgan fingerprint density at radius 2 is 2.27 bits per heavy atom. The zero-order valence-electron chi connectivity index (χ0n) is 8.88. The Hall–Kier alpha value is -0.570. The van der Waals surface area contributed by atoms with Crippen LogP contribution in [0.15, 0.2) is 23.6 Å². The first-order chi connectivity index (χ1) is 7.20. The Labute approximate surface area is 99.1 Å². The maximum atomic E-state index is 6.01. The fourth-order valence-corrected chi connectivity index (χ4v) is 2.77. The normalized spacial score (nSPS) is 13.3. The van der Waals surface area contributed by atoms with Gasteiger partial charge in [-0.2, -0.15) is 0 Å². The highest BCUT2D eigenvalue weighted by atomic mass is 35.5. The summed E-state index contributed by atoms with van der Waals surface area (Å²) in [4.78, 5) is 0. The number of nitrogens with one attached hydrogen (secondary N) is 1. The number of benzene rings is 1. The maximum absolute atomic E-state index is 6.01. The second kappa shape index (κ2) is 4.52. The van der Waals surface area contributed by atoms with Gasteiger partial charge in [0.1, 0.15) is 0 Å². The molecule has 1 heterocycles. The molecule has 1 aromatic carbocycles. The first-order valence-corrected chi connectivity index (χ1v) is 6.29. The van der Waals surface area contributed by atoms with Gasteiger partial charge in [0.15, 0.2) is 0 Å². The van der Waals surface area contributed by atoms with Crippen LogP contribution in [0.2, 0.25) is 5.02 Å². The molecule has 1 unspecified atom stereocenters. The summed E-state index contributed by atoms with van der Waals surface area (Å²) >= 11 is 7.80. The summed E-state index contributed by atoms with van der Waals surface area (Å²) in [6.45, 7) is 2.19. The largest absolute Gasteiger partial charge is 0.317 e. The van der Waals surface area contributed by atoms with E-state index in [1.165, 1.54) is 15.6 Å². The summed E-state index contributed by atoms with van der Waals surface area (Å²) in [5.41, 5.74) is 1.39. The molecule has 2 aromatic rings. The minimum Gasteiger partial charge on any atom is -0.317 e. The standard InChI is InChI=1S/C12H14ClNS/c1-8(14-2)5-9-7-15-12-4-3-10(13)6-11(9)12/h3-4,6-8,14H,5H2,1-2H3. The zero-order valence-corrected chi connectivity index (χ0v) is 10.5. The van der Waals surface area contributed by atoms with Crippen LogP contribution in [0.25, 0.3) is 10.1 Å². The third kappa shape index (κ3) is 2.33. The molecule has 2 rings (SSSR count). The van der Waals surface area contributed by atoms with Gasteiger partial charge in [0, 0.05) is 15.8 Å². The second-order valence-electron chi connectivity index (χ2n) is 3.80. The molecule has 0 aliphatic heterocycles. The molecule has 80 valence electrons. The van der Waals surface area contributed by atoms with Crippen LogP contribution >= 0.6 is 22.9 Å². The molecule has 0 amide bonds.